The highest BCUT2D eigenvalue weighted by atomic mass is 16.3. The lowest BCUT2D eigenvalue weighted by Crippen LogP contribution is -1.88. The van der Waals surface area contributed by atoms with Crippen LogP contribution in [0.4, 0.5) is 5.95 Å². The second-order valence-electron chi connectivity index (χ2n) is 3.43. The molecule has 1 aromatic carbocycles. The molecule has 0 atom stereocenters. The van der Waals surface area contributed by atoms with Crippen LogP contribution in [-0.2, 0) is 0 Å². The SMILES string of the molecule is CNc1ncc(-c2ccc3ncoc3c2)[nH]1. The second-order valence-corrected chi connectivity index (χ2v) is 3.43. The molecular weight excluding hydrogens is 204 g/mol. The molecule has 0 aliphatic rings. The van der Waals surface area contributed by atoms with Gasteiger partial charge in [-0.2, -0.15) is 0 Å². The summed E-state index contributed by atoms with van der Waals surface area (Å²) in [6.07, 6.45) is 3.23. The number of rotatable bonds is 2. The number of hydrogen-bond acceptors (Lipinski definition) is 4. The third-order valence-corrected chi connectivity index (χ3v) is 2.45. The zero-order valence-electron chi connectivity index (χ0n) is 8.69. The topological polar surface area (TPSA) is 66.7 Å². The largest absolute Gasteiger partial charge is 0.443 e. The van der Waals surface area contributed by atoms with Crippen LogP contribution >= 0.6 is 0 Å². The van der Waals surface area contributed by atoms with Gasteiger partial charge in [0.1, 0.15) is 5.52 Å². The highest BCUT2D eigenvalue weighted by Gasteiger charge is 2.05. The molecule has 0 saturated heterocycles. The first-order valence-electron chi connectivity index (χ1n) is 4.93. The molecule has 0 fully saturated rings. The molecule has 3 rings (SSSR count). The Kier molecular flexibility index (Phi) is 1.89. The Morgan fingerprint density at radius 2 is 2.25 bits per heavy atom. The van der Waals surface area contributed by atoms with Crippen LogP contribution in [0.5, 0.6) is 0 Å². The molecule has 0 amide bonds. The summed E-state index contributed by atoms with van der Waals surface area (Å²) in [5.74, 6) is 0.743. The fourth-order valence-electron chi connectivity index (χ4n) is 1.62. The van der Waals surface area contributed by atoms with Gasteiger partial charge in [-0.25, -0.2) is 9.97 Å². The Morgan fingerprint density at radius 3 is 3.06 bits per heavy atom. The fraction of sp³-hybridized carbons (Fsp3) is 0.0909. The number of oxazole rings is 1. The van der Waals surface area contributed by atoms with Gasteiger partial charge >= 0.3 is 0 Å². The normalized spacial score (nSPS) is 10.8. The van der Waals surface area contributed by atoms with E-state index in [9.17, 15) is 0 Å². The van der Waals surface area contributed by atoms with Crippen LogP contribution in [0.25, 0.3) is 22.4 Å². The molecule has 0 unspecified atom stereocenters. The van der Waals surface area contributed by atoms with Crippen molar-refractivity contribution in [2.45, 2.75) is 0 Å². The van der Waals surface area contributed by atoms with Crippen molar-refractivity contribution in [2.75, 3.05) is 12.4 Å². The van der Waals surface area contributed by atoms with E-state index in [1.165, 1.54) is 6.39 Å². The molecule has 80 valence electrons. The molecule has 5 nitrogen and oxygen atoms in total. The van der Waals surface area contributed by atoms with E-state index in [4.69, 9.17) is 4.42 Å². The lowest BCUT2D eigenvalue weighted by atomic mass is 10.1. The number of aromatic nitrogens is 3. The Bertz CT molecular complexity index is 625. The van der Waals surface area contributed by atoms with E-state index in [0.717, 1.165) is 28.3 Å². The Balaban J connectivity index is 2.10. The fourth-order valence-corrected chi connectivity index (χ4v) is 1.62. The average molecular weight is 214 g/mol. The second kappa shape index (κ2) is 3.37. The number of anilines is 1. The van der Waals surface area contributed by atoms with Crippen molar-refractivity contribution in [2.24, 2.45) is 0 Å². The first-order chi connectivity index (χ1) is 7.86. The van der Waals surface area contributed by atoms with E-state index in [-0.39, 0.29) is 0 Å². The van der Waals surface area contributed by atoms with Crippen LogP contribution in [0.1, 0.15) is 0 Å². The summed E-state index contributed by atoms with van der Waals surface area (Å²) in [6, 6.07) is 5.85. The Morgan fingerprint density at radius 1 is 1.31 bits per heavy atom. The van der Waals surface area contributed by atoms with Crippen molar-refractivity contribution < 1.29 is 4.42 Å². The van der Waals surface area contributed by atoms with E-state index in [0.29, 0.717) is 0 Å². The van der Waals surface area contributed by atoms with Crippen LogP contribution in [-0.4, -0.2) is 22.0 Å². The predicted molar refractivity (Wildman–Crippen MR) is 61.1 cm³/mol. The zero-order chi connectivity index (χ0) is 11.0. The average Bonchev–Trinajstić information content (AvgIpc) is 2.96. The molecule has 0 aliphatic heterocycles. The summed E-state index contributed by atoms with van der Waals surface area (Å²) in [5, 5.41) is 2.95. The third-order valence-electron chi connectivity index (χ3n) is 2.45. The maximum absolute atomic E-state index is 5.25. The van der Waals surface area contributed by atoms with Crippen molar-refractivity contribution in [1.29, 1.82) is 0 Å². The van der Waals surface area contributed by atoms with E-state index in [1.54, 1.807) is 6.20 Å². The number of H-pyrrole nitrogens is 1. The molecule has 0 aliphatic carbocycles. The summed E-state index contributed by atoms with van der Waals surface area (Å²) in [6.45, 7) is 0. The number of nitrogens with one attached hydrogen (secondary N) is 2. The van der Waals surface area contributed by atoms with E-state index in [1.807, 2.05) is 25.2 Å². The van der Waals surface area contributed by atoms with Gasteiger partial charge in [-0.15, -0.1) is 0 Å². The third kappa shape index (κ3) is 1.33. The molecule has 0 spiro atoms. The first-order valence-corrected chi connectivity index (χ1v) is 4.93. The van der Waals surface area contributed by atoms with Crippen molar-refractivity contribution >= 4 is 17.0 Å². The quantitative estimate of drug-likeness (QED) is 0.686. The number of nitrogens with zero attached hydrogens (tertiary/aromatic N) is 2. The minimum atomic E-state index is 0.743. The van der Waals surface area contributed by atoms with E-state index >= 15 is 0 Å². The number of aromatic amines is 1. The van der Waals surface area contributed by atoms with Gasteiger partial charge in [-0.05, 0) is 12.1 Å². The van der Waals surface area contributed by atoms with Crippen molar-refractivity contribution in [1.82, 2.24) is 15.0 Å². The monoisotopic (exact) mass is 214 g/mol. The summed E-state index contributed by atoms with van der Waals surface area (Å²) in [7, 11) is 1.82. The number of imidazole rings is 1. The van der Waals surface area contributed by atoms with Gasteiger partial charge in [0.05, 0.1) is 11.9 Å². The van der Waals surface area contributed by atoms with Gasteiger partial charge in [0.15, 0.2) is 17.9 Å². The van der Waals surface area contributed by atoms with Gasteiger partial charge in [-0.3, -0.25) is 0 Å². The smallest absolute Gasteiger partial charge is 0.200 e. The van der Waals surface area contributed by atoms with Crippen molar-refractivity contribution in [3.63, 3.8) is 0 Å². The Hall–Kier alpha value is -2.30. The van der Waals surface area contributed by atoms with Crippen LogP contribution in [0.2, 0.25) is 0 Å². The molecule has 2 N–H and O–H groups in total. The van der Waals surface area contributed by atoms with Gasteiger partial charge < -0.3 is 14.7 Å². The van der Waals surface area contributed by atoms with Crippen LogP contribution in [0, 0.1) is 0 Å². The minimum absolute atomic E-state index is 0.743. The van der Waals surface area contributed by atoms with Crippen LogP contribution < -0.4 is 5.32 Å². The molecule has 0 bridgehead atoms. The predicted octanol–water partition coefficient (Wildman–Crippen LogP) is 2.26. The minimum Gasteiger partial charge on any atom is -0.443 e. The highest BCUT2D eigenvalue weighted by Crippen LogP contribution is 2.23. The summed E-state index contributed by atoms with van der Waals surface area (Å²) < 4.78 is 5.25. The van der Waals surface area contributed by atoms with E-state index in [2.05, 4.69) is 20.3 Å². The van der Waals surface area contributed by atoms with Gasteiger partial charge in [0, 0.05) is 12.6 Å². The van der Waals surface area contributed by atoms with Gasteiger partial charge in [0.2, 0.25) is 0 Å². The number of fused-ring (bicyclic) bond motifs is 1. The van der Waals surface area contributed by atoms with Crippen molar-refractivity contribution in [3.8, 4) is 11.3 Å². The summed E-state index contributed by atoms with van der Waals surface area (Å²) in [5.41, 5.74) is 3.61. The zero-order valence-corrected chi connectivity index (χ0v) is 8.69. The maximum atomic E-state index is 5.25. The Labute approximate surface area is 91.5 Å². The molecule has 3 aromatic rings. The molecule has 5 heteroatoms. The van der Waals surface area contributed by atoms with E-state index < -0.39 is 0 Å². The van der Waals surface area contributed by atoms with Crippen LogP contribution in [0.15, 0.2) is 35.2 Å². The molecular formula is C11H10N4O. The number of hydrogen-bond donors (Lipinski definition) is 2. The molecule has 16 heavy (non-hydrogen) atoms. The summed E-state index contributed by atoms with van der Waals surface area (Å²) in [4.78, 5) is 11.4. The number of benzene rings is 1. The van der Waals surface area contributed by atoms with Crippen LogP contribution in [0.3, 0.4) is 0 Å². The highest BCUT2D eigenvalue weighted by molar-refractivity contribution is 5.79. The lowest BCUT2D eigenvalue weighted by molar-refractivity contribution is 0.602. The standard InChI is InChI=1S/C11H10N4O/c1-12-11-13-5-9(15-11)7-2-3-8-10(4-7)16-6-14-8/h2-6H,1H3,(H2,12,13,15). The molecule has 2 heterocycles. The summed E-state index contributed by atoms with van der Waals surface area (Å²) >= 11 is 0. The maximum Gasteiger partial charge on any atom is 0.200 e. The van der Waals surface area contributed by atoms with Gasteiger partial charge in [0.25, 0.3) is 0 Å². The van der Waals surface area contributed by atoms with Crippen molar-refractivity contribution in [3.05, 3.63) is 30.8 Å². The lowest BCUT2D eigenvalue weighted by Gasteiger charge is -1.96. The molecule has 0 saturated carbocycles. The first kappa shape index (κ1) is 8.96. The molecule has 2 aromatic heterocycles. The van der Waals surface area contributed by atoms with Gasteiger partial charge in [-0.1, -0.05) is 6.07 Å². The molecule has 0 radical (unpaired) electrons.